The molecule has 0 atom stereocenters. The van der Waals surface area contributed by atoms with Crippen molar-refractivity contribution in [2.24, 2.45) is 0 Å². The fraction of sp³-hybridized carbons (Fsp3) is 0.0714. The van der Waals surface area contributed by atoms with Gasteiger partial charge in [-0.3, -0.25) is 0 Å². The van der Waals surface area contributed by atoms with E-state index in [1.165, 1.54) is 0 Å². The van der Waals surface area contributed by atoms with Gasteiger partial charge in [-0.15, -0.1) is 0 Å². The summed E-state index contributed by atoms with van der Waals surface area (Å²) in [6, 6.07) is -0.337. The standard InChI is InChI=1S/C14H18N2O/c1-5-9-10-11-13(8-4)16-14(17)15-12(6-2)7-3/h5-11H,1-2,4H2,3H3,(H2,15,16,17)/b10-9-,12-7+,13-11+. The van der Waals surface area contributed by atoms with E-state index >= 15 is 0 Å². The van der Waals surface area contributed by atoms with Gasteiger partial charge in [-0.05, 0) is 25.2 Å². The Morgan fingerprint density at radius 1 is 1.00 bits per heavy atom. The highest BCUT2D eigenvalue weighted by atomic mass is 16.2. The lowest BCUT2D eigenvalue weighted by Crippen LogP contribution is -2.33. The molecule has 2 amide bonds. The van der Waals surface area contributed by atoms with Gasteiger partial charge >= 0.3 is 6.03 Å². The molecule has 3 nitrogen and oxygen atoms in total. The number of nitrogens with one attached hydrogen (secondary N) is 2. The minimum absolute atomic E-state index is 0.337. The lowest BCUT2D eigenvalue weighted by atomic mass is 10.3. The Balaban J connectivity index is 4.48. The largest absolute Gasteiger partial charge is 0.323 e. The zero-order valence-electron chi connectivity index (χ0n) is 10.1. The topological polar surface area (TPSA) is 41.1 Å². The molecule has 0 aliphatic carbocycles. The zero-order valence-corrected chi connectivity index (χ0v) is 10.1. The van der Waals surface area contributed by atoms with Crippen molar-refractivity contribution in [2.45, 2.75) is 6.92 Å². The molecule has 0 aliphatic heterocycles. The minimum atomic E-state index is -0.337. The van der Waals surface area contributed by atoms with Gasteiger partial charge in [0.2, 0.25) is 0 Å². The number of urea groups is 1. The highest BCUT2D eigenvalue weighted by Crippen LogP contribution is 1.94. The zero-order chi connectivity index (χ0) is 13.1. The van der Waals surface area contributed by atoms with Crippen LogP contribution in [0, 0.1) is 0 Å². The van der Waals surface area contributed by atoms with Gasteiger partial charge in [0.05, 0.1) is 0 Å². The van der Waals surface area contributed by atoms with Crippen LogP contribution in [0.25, 0.3) is 0 Å². The van der Waals surface area contributed by atoms with E-state index in [1.54, 1.807) is 42.5 Å². The molecule has 0 rings (SSSR count). The molecule has 0 aromatic rings. The summed E-state index contributed by atoms with van der Waals surface area (Å²) in [6.45, 7) is 12.5. The van der Waals surface area contributed by atoms with E-state index in [4.69, 9.17) is 0 Å². The Kier molecular flexibility index (Phi) is 7.76. The lowest BCUT2D eigenvalue weighted by Gasteiger charge is -2.07. The van der Waals surface area contributed by atoms with Crippen molar-refractivity contribution in [1.82, 2.24) is 10.6 Å². The Hall–Kier alpha value is -2.29. The Morgan fingerprint density at radius 2 is 1.59 bits per heavy atom. The summed E-state index contributed by atoms with van der Waals surface area (Å²) in [4.78, 5) is 11.5. The second kappa shape index (κ2) is 8.97. The van der Waals surface area contributed by atoms with Gasteiger partial charge < -0.3 is 10.6 Å². The SMILES string of the molecule is C=C/C=C\C=C(/C=C)NC(=O)N/C(C=C)=C/C. The Morgan fingerprint density at radius 3 is 2.06 bits per heavy atom. The number of carbonyl (C=O) groups excluding carboxylic acids is 1. The molecule has 17 heavy (non-hydrogen) atoms. The first-order valence-corrected chi connectivity index (χ1v) is 5.16. The smallest absolute Gasteiger partial charge is 0.308 e. The van der Waals surface area contributed by atoms with Crippen molar-refractivity contribution in [2.75, 3.05) is 0 Å². The molecule has 0 heterocycles. The van der Waals surface area contributed by atoms with Crippen LogP contribution >= 0.6 is 0 Å². The van der Waals surface area contributed by atoms with Crippen molar-refractivity contribution in [3.8, 4) is 0 Å². The normalized spacial score (nSPS) is 12.1. The molecular formula is C14H18N2O. The van der Waals surface area contributed by atoms with Gasteiger partial charge in [-0.2, -0.15) is 0 Å². The van der Waals surface area contributed by atoms with Crippen LogP contribution in [-0.2, 0) is 0 Å². The third-order valence-corrected chi connectivity index (χ3v) is 1.79. The van der Waals surface area contributed by atoms with Gasteiger partial charge in [0.15, 0.2) is 0 Å². The van der Waals surface area contributed by atoms with Gasteiger partial charge in [-0.25, -0.2) is 4.79 Å². The maximum Gasteiger partial charge on any atom is 0.323 e. The number of rotatable bonds is 6. The predicted octanol–water partition coefficient (Wildman–Crippen LogP) is 3.19. The second-order valence-corrected chi connectivity index (χ2v) is 2.97. The monoisotopic (exact) mass is 230 g/mol. The first-order chi connectivity index (χ1) is 8.17. The number of allylic oxidation sites excluding steroid dienone is 7. The number of hydrogen-bond acceptors (Lipinski definition) is 1. The molecule has 0 bridgehead atoms. The summed E-state index contributed by atoms with van der Waals surface area (Å²) in [5, 5.41) is 5.28. The number of carbonyl (C=O) groups is 1. The Labute approximate surface area is 103 Å². The summed E-state index contributed by atoms with van der Waals surface area (Å²) in [6.07, 6.45) is 11.7. The third kappa shape index (κ3) is 6.73. The summed E-state index contributed by atoms with van der Waals surface area (Å²) < 4.78 is 0. The van der Waals surface area contributed by atoms with Crippen LogP contribution in [0.2, 0.25) is 0 Å². The summed E-state index contributed by atoms with van der Waals surface area (Å²) in [5.74, 6) is 0. The quantitative estimate of drug-likeness (QED) is 0.676. The van der Waals surface area contributed by atoms with Crippen LogP contribution in [0.3, 0.4) is 0 Å². The molecule has 0 unspecified atom stereocenters. The van der Waals surface area contributed by atoms with E-state index in [0.717, 1.165) is 0 Å². The number of amides is 2. The van der Waals surface area contributed by atoms with Crippen molar-refractivity contribution < 1.29 is 4.79 Å². The molecule has 0 aromatic heterocycles. The summed E-state index contributed by atoms with van der Waals surface area (Å²) in [5.41, 5.74) is 1.24. The van der Waals surface area contributed by atoms with Crippen LogP contribution in [-0.4, -0.2) is 6.03 Å². The minimum Gasteiger partial charge on any atom is -0.308 e. The average molecular weight is 230 g/mol. The summed E-state index contributed by atoms with van der Waals surface area (Å²) >= 11 is 0. The fourth-order valence-corrected chi connectivity index (χ4v) is 0.933. The third-order valence-electron chi connectivity index (χ3n) is 1.79. The van der Waals surface area contributed by atoms with Crippen molar-refractivity contribution in [3.05, 3.63) is 73.7 Å². The molecule has 0 fully saturated rings. The van der Waals surface area contributed by atoms with E-state index in [2.05, 4.69) is 30.4 Å². The van der Waals surface area contributed by atoms with Gasteiger partial charge in [0.1, 0.15) is 0 Å². The first-order valence-electron chi connectivity index (χ1n) is 5.16. The van der Waals surface area contributed by atoms with E-state index < -0.39 is 0 Å². The van der Waals surface area contributed by atoms with Crippen LogP contribution in [0.5, 0.6) is 0 Å². The Bertz CT molecular complexity index is 387. The van der Waals surface area contributed by atoms with Crippen molar-refractivity contribution in [1.29, 1.82) is 0 Å². The van der Waals surface area contributed by atoms with Crippen LogP contribution in [0.1, 0.15) is 6.92 Å². The van der Waals surface area contributed by atoms with Crippen LogP contribution in [0.15, 0.2) is 73.7 Å². The second-order valence-electron chi connectivity index (χ2n) is 2.97. The average Bonchev–Trinajstić information content (AvgIpc) is 2.34. The molecule has 0 spiro atoms. The molecule has 0 aliphatic rings. The molecule has 0 saturated carbocycles. The number of hydrogen-bond donors (Lipinski definition) is 2. The molecule has 90 valence electrons. The maximum atomic E-state index is 11.5. The van der Waals surface area contributed by atoms with E-state index in [0.29, 0.717) is 11.4 Å². The molecule has 3 heteroatoms. The molecule has 0 aromatic carbocycles. The first kappa shape index (κ1) is 14.7. The summed E-state index contributed by atoms with van der Waals surface area (Å²) in [7, 11) is 0. The van der Waals surface area contributed by atoms with Gasteiger partial charge in [-0.1, -0.05) is 44.0 Å². The van der Waals surface area contributed by atoms with E-state index in [9.17, 15) is 4.79 Å². The van der Waals surface area contributed by atoms with Gasteiger partial charge in [0.25, 0.3) is 0 Å². The molecule has 2 N–H and O–H groups in total. The fourth-order valence-electron chi connectivity index (χ4n) is 0.933. The molecular weight excluding hydrogens is 212 g/mol. The molecule has 0 saturated heterocycles. The van der Waals surface area contributed by atoms with Crippen molar-refractivity contribution in [3.63, 3.8) is 0 Å². The van der Waals surface area contributed by atoms with Crippen molar-refractivity contribution >= 4 is 6.03 Å². The van der Waals surface area contributed by atoms with E-state index in [-0.39, 0.29) is 6.03 Å². The van der Waals surface area contributed by atoms with Crippen LogP contribution < -0.4 is 10.6 Å². The van der Waals surface area contributed by atoms with Crippen LogP contribution in [0.4, 0.5) is 4.79 Å². The molecule has 0 radical (unpaired) electrons. The lowest BCUT2D eigenvalue weighted by molar-refractivity contribution is 0.246. The van der Waals surface area contributed by atoms with Gasteiger partial charge in [0, 0.05) is 11.4 Å². The maximum absolute atomic E-state index is 11.5. The highest BCUT2D eigenvalue weighted by Gasteiger charge is 2.01. The highest BCUT2D eigenvalue weighted by molar-refractivity contribution is 5.78. The predicted molar refractivity (Wildman–Crippen MR) is 73.2 cm³/mol. The van der Waals surface area contributed by atoms with E-state index in [1.807, 2.05) is 6.92 Å².